The van der Waals surface area contributed by atoms with Gasteiger partial charge in [-0.3, -0.25) is 0 Å². The zero-order valence-corrected chi connectivity index (χ0v) is 8.51. The number of hydrogen-bond acceptors (Lipinski definition) is 1. The van der Waals surface area contributed by atoms with Gasteiger partial charge in [-0.2, -0.15) is 6.21 Å². The van der Waals surface area contributed by atoms with Gasteiger partial charge in [0.15, 0.2) is 0 Å². The average molecular weight is 327 g/mol. The third-order valence-corrected chi connectivity index (χ3v) is 1.08. The van der Waals surface area contributed by atoms with Gasteiger partial charge in [-0.1, -0.05) is 18.2 Å². The minimum Gasteiger partial charge on any atom is -0.810 e. The number of aromatic hydroxyl groups is 1. The quantitative estimate of drug-likeness (QED) is 0.621. The van der Waals surface area contributed by atoms with Crippen molar-refractivity contribution in [2.24, 2.45) is 0 Å². The second kappa shape index (κ2) is 6.08. The van der Waals surface area contributed by atoms with Crippen LogP contribution < -0.4 is 0 Å². The Bertz CT molecular complexity index is 225. The molecule has 0 bridgehead atoms. The Balaban J connectivity index is 0. The van der Waals surface area contributed by atoms with Crippen LogP contribution in [-0.2, 0) is 20.1 Å². The van der Waals surface area contributed by atoms with Crippen LogP contribution in [0.3, 0.4) is 0 Å². The molecule has 3 heteroatoms. The summed E-state index contributed by atoms with van der Waals surface area (Å²) in [4.78, 5) is 0. The van der Waals surface area contributed by atoms with Gasteiger partial charge in [0, 0.05) is 20.1 Å². The van der Waals surface area contributed by atoms with Crippen LogP contribution in [-0.4, -0.2) is 11.3 Å². The molecule has 2 nitrogen and oxygen atoms in total. The van der Waals surface area contributed by atoms with Crippen LogP contribution in [0.5, 0.6) is 5.75 Å². The molecule has 0 aliphatic carbocycles. The molecule has 1 aromatic carbocycles. The van der Waals surface area contributed by atoms with Crippen LogP contribution in [0.4, 0.5) is 0 Å². The summed E-state index contributed by atoms with van der Waals surface area (Å²) in [6.07, 6.45) is 0.870. The van der Waals surface area contributed by atoms with E-state index >= 15 is 0 Å². The van der Waals surface area contributed by atoms with E-state index in [1.807, 2.05) is 0 Å². The first-order valence-corrected chi connectivity index (χ1v) is 2.60. The first-order valence-electron chi connectivity index (χ1n) is 2.60. The van der Waals surface area contributed by atoms with Crippen LogP contribution in [0.2, 0.25) is 0 Å². The predicted octanol–water partition coefficient (Wildman–Crippen LogP) is 1.83. The zero-order valence-electron chi connectivity index (χ0n) is 6.11. The van der Waals surface area contributed by atoms with Crippen LogP contribution in [0.1, 0.15) is 5.56 Å². The van der Waals surface area contributed by atoms with Gasteiger partial charge in [-0.05, 0) is 11.6 Å². The average Bonchev–Trinajstić information content (AvgIpc) is 1.89. The first-order chi connectivity index (χ1) is 4.34. The van der Waals surface area contributed by atoms with Gasteiger partial charge in [-0.25, -0.2) is 0 Å². The summed E-state index contributed by atoms with van der Waals surface area (Å²) >= 11 is 0. The fourth-order valence-corrected chi connectivity index (χ4v) is 0.597. The van der Waals surface area contributed by atoms with Gasteiger partial charge in [-0.15, -0.1) is 0 Å². The standard InChI is InChI=1S/C7H6NO.CH3.Ir/c8-5-6-3-1-2-4-7(6)9;;/h1-5,9H;1H3;/q2*-1;. The Morgan fingerprint density at radius 3 is 2.18 bits per heavy atom. The summed E-state index contributed by atoms with van der Waals surface area (Å²) in [5, 5.41) is 17.4. The smallest absolute Gasteiger partial charge is 0.120 e. The summed E-state index contributed by atoms with van der Waals surface area (Å²) in [6, 6.07) is 6.57. The fraction of sp³-hybridized carbons (Fsp3) is 0. The Morgan fingerprint density at radius 2 is 1.82 bits per heavy atom. The minimum absolute atomic E-state index is 0. The molecule has 0 saturated heterocycles. The normalized spacial score (nSPS) is 7.27. The number of benzene rings is 1. The van der Waals surface area contributed by atoms with Crippen LogP contribution in [0.25, 0.3) is 5.41 Å². The summed E-state index contributed by atoms with van der Waals surface area (Å²) < 4.78 is 0. The van der Waals surface area contributed by atoms with E-state index in [4.69, 9.17) is 10.5 Å². The van der Waals surface area contributed by atoms with E-state index in [1.165, 1.54) is 6.07 Å². The molecule has 0 aliphatic heterocycles. The second-order valence-corrected chi connectivity index (χ2v) is 1.69. The topological polar surface area (TPSA) is 42.5 Å². The summed E-state index contributed by atoms with van der Waals surface area (Å²) in [7, 11) is 0. The number of rotatable bonds is 1. The minimum atomic E-state index is 0. The summed E-state index contributed by atoms with van der Waals surface area (Å²) in [5.74, 6) is 0.0972. The first kappa shape index (κ1) is 13.0. The number of nitrogens with zero attached hydrogens (tertiary/aromatic N) is 1. The molecular formula is C8H9IrNO-2. The molecule has 1 aromatic rings. The zero-order chi connectivity index (χ0) is 6.69. The maximum atomic E-state index is 8.92. The maximum Gasteiger partial charge on any atom is 0.120 e. The van der Waals surface area contributed by atoms with E-state index < -0.39 is 0 Å². The van der Waals surface area contributed by atoms with Crippen molar-refractivity contribution in [2.45, 2.75) is 0 Å². The molecule has 0 spiro atoms. The van der Waals surface area contributed by atoms with Crippen molar-refractivity contribution in [2.75, 3.05) is 0 Å². The largest absolute Gasteiger partial charge is 0.810 e. The third kappa shape index (κ3) is 3.30. The van der Waals surface area contributed by atoms with Gasteiger partial charge in [0.1, 0.15) is 5.75 Å². The van der Waals surface area contributed by atoms with Crippen molar-refractivity contribution in [1.82, 2.24) is 0 Å². The van der Waals surface area contributed by atoms with E-state index in [9.17, 15) is 0 Å². The Kier molecular flexibility index (Phi) is 7.16. The molecule has 1 rings (SSSR count). The molecule has 0 unspecified atom stereocenters. The van der Waals surface area contributed by atoms with Crippen LogP contribution in [0.15, 0.2) is 24.3 Å². The Labute approximate surface area is 80.1 Å². The molecule has 0 amide bonds. The molecule has 63 valence electrons. The van der Waals surface area contributed by atoms with Gasteiger partial charge in [0.2, 0.25) is 0 Å². The van der Waals surface area contributed by atoms with Gasteiger partial charge in [0.05, 0.1) is 0 Å². The Morgan fingerprint density at radius 1 is 1.27 bits per heavy atom. The van der Waals surface area contributed by atoms with Crippen molar-refractivity contribution in [1.29, 1.82) is 0 Å². The van der Waals surface area contributed by atoms with Crippen LogP contribution in [0, 0.1) is 7.43 Å². The van der Waals surface area contributed by atoms with Gasteiger partial charge < -0.3 is 17.9 Å². The van der Waals surface area contributed by atoms with Crippen molar-refractivity contribution in [3.05, 3.63) is 42.7 Å². The molecular weight excluding hydrogens is 318 g/mol. The van der Waals surface area contributed by atoms with Crippen molar-refractivity contribution >= 4 is 6.21 Å². The molecule has 0 aromatic heterocycles. The summed E-state index contributed by atoms with van der Waals surface area (Å²) in [5.41, 5.74) is 0.442. The Hall–Kier alpha value is -0.661. The molecule has 1 radical (unpaired) electrons. The number of hydrogen-bond donors (Lipinski definition) is 1. The molecule has 0 heterocycles. The van der Waals surface area contributed by atoms with E-state index in [1.54, 1.807) is 18.2 Å². The maximum absolute atomic E-state index is 8.92. The predicted molar refractivity (Wildman–Crippen MR) is 43.0 cm³/mol. The van der Waals surface area contributed by atoms with Gasteiger partial charge in [0.25, 0.3) is 0 Å². The molecule has 0 atom stereocenters. The molecule has 11 heavy (non-hydrogen) atoms. The molecule has 0 saturated carbocycles. The van der Waals surface area contributed by atoms with E-state index in [0.717, 1.165) is 6.21 Å². The van der Waals surface area contributed by atoms with Crippen molar-refractivity contribution < 1.29 is 25.2 Å². The SMILES string of the molecule is [CH3-].[Ir].[N-]=Cc1ccccc1O. The summed E-state index contributed by atoms with van der Waals surface area (Å²) in [6.45, 7) is 0. The van der Waals surface area contributed by atoms with E-state index in [0.29, 0.717) is 5.56 Å². The van der Waals surface area contributed by atoms with E-state index in [-0.39, 0.29) is 33.3 Å². The molecule has 1 N–H and O–H groups in total. The fourth-order valence-electron chi connectivity index (χ4n) is 0.597. The number of phenolic OH excluding ortho intramolecular Hbond substituents is 1. The van der Waals surface area contributed by atoms with Crippen LogP contribution >= 0.6 is 0 Å². The number of phenols is 1. The third-order valence-electron chi connectivity index (χ3n) is 1.08. The van der Waals surface area contributed by atoms with Crippen molar-refractivity contribution in [3.8, 4) is 5.75 Å². The van der Waals surface area contributed by atoms with Crippen molar-refractivity contribution in [3.63, 3.8) is 0 Å². The monoisotopic (exact) mass is 328 g/mol. The molecule has 0 fully saturated rings. The number of para-hydroxylation sites is 1. The molecule has 0 aliphatic rings. The van der Waals surface area contributed by atoms with E-state index in [2.05, 4.69) is 0 Å². The second-order valence-electron chi connectivity index (χ2n) is 1.69. The van der Waals surface area contributed by atoms with Gasteiger partial charge >= 0.3 is 0 Å².